The smallest absolute Gasteiger partial charge is 0.313 e. The van der Waals surface area contributed by atoms with Gasteiger partial charge in [-0.25, -0.2) is 0 Å². The van der Waals surface area contributed by atoms with Crippen molar-refractivity contribution < 1.29 is 19.4 Å². The summed E-state index contributed by atoms with van der Waals surface area (Å²) in [7, 11) is 1.48. The van der Waals surface area contributed by atoms with Gasteiger partial charge in [-0.05, 0) is 30.7 Å². The number of carboxylic acids is 1. The predicted octanol–water partition coefficient (Wildman–Crippen LogP) is 2.38. The highest BCUT2D eigenvalue weighted by molar-refractivity contribution is 8.00. The minimum atomic E-state index is -0.977. The summed E-state index contributed by atoms with van der Waals surface area (Å²) < 4.78 is 5.02. The first-order chi connectivity index (χ1) is 10.5. The topological polar surface area (TPSA) is 66.8 Å². The Morgan fingerprint density at radius 1 is 1.41 bits per heavy atom. The molecule has 1 saturated heterocycles. The molecule has 120 valence electrons. The summed E-state index contributed by atoms with van der Waals surface area (Å²) >= 11 is 7.23. The van der Waals surface area contributed by atoms with Crippen molar-refractivity contribution in [2.75, 3.05) is 32.6 Å². The van der Waals surface area contributed by atoms with E-state index < -0.39 is 11.4 Å². The number of benzene rings is 1. The monoisotopic (exact) mass is 343 g/mol. The maximum Gasteiger partial charge on any atom is 0.313 e. The number of hydrogen-bond donors (Lipinski definition) is 1. The fraction of sp³-hybridized carbons (Fsp3) is 0.467. The molecule has 22 heavy (non-hydrogen) atoms. The van der Waals surface area contributed by atoms with Crippen molar-refractivity contribution in [1.82, 2.24) is 4.90 Å². The van der Waals surface area contributed by atoms with E-state index in [1.807, 2.05) is 12.1 Å². The van der Waals surface area contributed by atoms with Gasteiger partial charge in [-0.2, -0.15) is 0 Å². The first kappa shape index (κ1) is 17.1. The van der Waals surface area contributed by atoms with Gasteiger partial charge in [0.2, 0.25) is 5.91 Å². The molecule has 0 radical (unpaired) electrons. The summed E-state index contributed by atoms with van der Waals surface area (Å²) in [4.78, 5) is 26.3. The minimum absolute atomic E-state index is 0.0563. The quantitative estimate of drug-likeness (QED) is 0.803. The molecule has 1 aromatic carbocycles. The number of aliphatic carboxylic acids is 1. The highest BCUT2D eigenvalue weighted by Crippen LogP contribution is 2.32. The second kappa shape index (κ2) is 7.35. The van der Waals surface area contributed by atoms with E-state index in [1.54, 1.807) is 17.0 Å². The molecule has 1 aliphatic heterocycles. The van der Waals surface area contributed by atoms with Crippen LogP contribution >= 0.6 is 23.4 Å². The lowest BCUT2D eigenvalue weighted by atomic mass is 9.88. The molecule has 1 atom stereocenters. The van der Waals surface area contributed by atoms with Gasteiger partial charge >= 0.3 is 5.97 Å². The number of rotatable bonds is 6. The van der Waals surface area contributed by atoms with Gasteiger partial charge in [-0.15, -0.1) is 11.8 Å². The third-order valence-electron chi connectivity index (χ3n) is 3.76. The van der Waals surface area contributed by atoms with E-state index in [9.17, 15) is 14.7 Å². The number of halogens is 1. The van der Waals surface area contributed by atoms with Crippen LogP contribution in [0.5, 0.6) is 0 Å². The van der Waals surface area contributed by atoms with Crippen LogP contribution in [0, 0.1) is 5.41 Å². The molecule has 1 N–H and O–H groups in total. The lowest BCUT2D eigenvalue weighted by Crippen LogP contribution is -2.40. The molecule has 7 heteroatoms. The number of thioether (sulfide) groups is 1. The van der Waals surface area contributed by atoms with Crippen LogP contribution in [0.4, 0.5) is 0 Å². The number of amides is 1. The van der Waals surface area contributed by atoms with E-state index in [0.717, 1.165) is 4.90 Å². The van der Waals surface area contributed by atoms with Gasteiger partial charge in [0.1, 0.15) is 5.41 Å². The lowest BCUT2D eigenvalue weighted by Gasteiger charge is -2.23. The second-order valence-electron chi connectivity index (χ2n) is 5.33. The average Bonchev–Trinajstić information content (AvgIpc) is 2.92. The van der Waals surface area contributed by atoms with Crippen LogP contribution in [-0.2, 0) is 14.3 Å². The zero-order valence-electron chi connectivity index (χ0n) is 12.3. The molecule has 1 fully saturated rings. The van der Waals surface area contributed by atoms with Crippen LogP contribution in [0.3, 0.4) is 0 Å². The second-order valence-corrected chi connectivity index (χ2v) is 6.81. The summed E-state index contributed by atoms with van der Waals surface area (Å²) in [6, 6.07) is 7.27. The molecule has 1 heterocycles. The van der Waals surface area contributed by atoms with Crippen LogP contribution < -0.4 is 0 Å². The third-order valence-corrected chi connectivity index (χ3v) is 5.01. The van der Waals surface area contributed by atoms with Crippen molar-refractivity contribution in [3.05, 3.63) is 29.3 Å². The maximum absolute atomic E-state index is 12.2. The molecule has 0 aliphatic carbocycles. The average molecular weight is 344 g/mol. The highest BCUT2D eigenvalue weighted by Gasteiger charge is 2.46. The van der Waals surface area contributed by atoms with Gasteiger partial charge in [0, 0.05) is 30.1 Å². The number of hydrogen-bond acceptors (Lipinski definition) is 4. The van der Waals surface area contributed by atoms with Crippen LogP contribution in [0.15, 0.2) is 29.2 Å². The van der Waals surface area contributed by atoms with E-state index in [1.165, 1.54) is 18.9 Å². The number of carbonyl (C=O) groups excluding carboxylic acids is 1. The number of nitrogens with zero attached hydrogens (tertiary/aromatic N) is 1. The first-order valence-electron chi connectivity index (χ1n) is 6.85. The van der Waals surface area contributed by atoms with Crippen molar-refractivity contribution in [2.45, 2.75) is 11.3 Å². The number of carboxylic acid groups (broad SMARTS) is 1. The summed E-state index contributed by atoms with van der Waals surface area (Å²) in [5.74, 6) is -0.682. The Balaban J connectivity index is 1.91. The van der Waals surface area contributed by atoms with Crippen LogP contribution in [0.1, 0.15) is 6.42 Å². The zero-order chi connectivity index (χ0) is 16.2. The van der Waals surface area contributed by atoms with Gasteiger partial charge in [0.25, 0.3) is 0 Å². The molecule has 1 amide bonds. The molecule has 1 aliphatic rings. The number of methoxy groups -OCH3 is 1. The number of likely N-dealkylation sites (tertiary alicyclic amines) is 1. The lowest BCUT2D eigenvalue weighted by molar-refractivity contribution is -0.151. The SMILES string of the molecule is COCC1(C(=O)O)CCN(C(=O)CSc2ccc(Cl)cc2)C1. The predicted molar refractivity (Wildman–Crippen MR) is 85.3 cm³/mol. The van der Waals surface area contributed by atoms with Crippen molar-refractivity contribution in [3.8, 4) is 0 Å². The third kappa shape index (κ3) is 3.94. The summed E-state index contributed by atoms with van der Waals surface area (Å²) in [6.07, 6.45) is 0.424. The molecule has 2 rings (SSSR count). The zero-order valence-corrected chi connectivity index (χ0v) is 13.8. The van der Waals surface area contributed by atoms with Gasteiger partial charge in [0.15, 0.2) is 0 Å². The van der Waals surface area contributed by atoms with E-state index in [2.05, 4.69) is 0 Å². The van der Waals surface area contributed by atoms with Crippen molar-refractivity contribution in [3.63, 3.8) is 0 Å². The van der Waals surface area contributed by atoms with Crippen LogP contribution in [0.25, 0.3) is 0 Å². The number of ether oxygens (including phenoxy) is 1. The van der Waals surface area contributed by atoms with Gasteiger partial charge in [-0.3, -0.25) is 9.59 Å². The van der Waals surface area contributed by atoms with Gasteiger partial charge in [0.05, 0.1) is 12.4 Å². The largest absolute Gasteiger partial charge is 0.481 e. The van der Waals surface area contributed by atoms with Crippen LogP contribution in [-0.4, -0.2) is 54.4 Å². The fourth-order valence-electron chi connectivity index (χ4n) is 2.48. The molecule has 0 spiro atoms. The summed E-state index contributed by atoms with van der Waals surface area (Å²) in [5.41, 5.74) is -0.977. The molecule has 0 aromatic heterocycles. The molecule has 1 aromatic rings. The van der Waals surface area contributed by atoms with Crippen molar-refractivity contribution in [2.24, 2.45) is 5.41 Å². The van der Waals surface area contributed by atoms with Gasteiger partial charge in [-0.1, -0.05) is 11.6 Å². The van der Waals surface area contributed by atoms with Crippen molar-refractivity contribution >= 4 is 35.2 Å². The Kier molecular flexibility index (Phi) is 5.72. The molecular weight excluding hydrogens is 326 g/mol. The van der Waals surface area contributed by atoms with E-state index in [-0.39, 0.29) is 24.8 Å². The Labute approximate surface area is 138 Å². The van der Waals surface area contributed by atoms with E-state index >= 15 is 0 Å². The Morgan fingerprint density at radius 3 is 2.68 bits per heavy atom. The number of carbonyl (C=O) groups is 2. The summed E-state index contributed by atoms with van der Waals surface area (Å²) in [5, 5.41) is 10.0. The minimum Gasteiger partial charge on any atom is -0.481 e. The molecule has 0 saturated carbocycles. The van der Waals surface area contributed by atoms with E-state index in [0.29, 0.717) is 18.0 Å². The fourth-order valence-corrected chi connectivity index (χ4v) is 3.41. The van der Waals surface area contributed by atoms with Gasteiger partial charge < -0.3 is 14.7 Å². The highest BCUT2D eigenvalue weighted by atomic mass is 35.5. The molecule has 5 nitrogen and oxygen atoms in total. The molecule has 0 bridgehead atoms. The Bertz CT molecular complexity index is 551. The Morgan fingerprint density at radius 2 is 2.09 bits per heavy atom. The molecular formula is C15H18ClNO4S. The Hall–Kier alpha value is -1.24. The summed E-state index contributed by atoms with van der Waals surface area (Å²) in [6.45, 7) is 0.780. The molecule has 1 unspecified atom stereocenters. The van der Waals surface area contributed by atoms with Crippen molar-refractivity contribution in [1.29, 1.82) is 0 Å². The van der Waals surface area contributed by atoms with Crippen LogP contribution in [0.2, 0.25) is 5.02 Å². The normalized spacial score (nSPS) is 21.1. The van der Waals surface area contributed by atoms with E-state index in [4.69, 9.17) is 16.3 Å². The maximum atomic E-state index is 12.2. The first-order valence-corrected chi connectivity index (χ1v) is 8.22. The standard InChI is InChI=1S/C15H18ClNO4S/c1-21-10-15(14(19)20)6-7-17(9-15)13(18)8-22-12-4-2-11(16)3-5-12/h2-5H,6-10H2,1H3,(H,19,20).